The molecule has 1 aliphatic heterocycles. The fraction of sp³-hybridized carbons (Fsp3) is 0.455. The molecule has 1 N–H and O–H groups in total. The minimum absolute atomic E-state index is 0.0657. The lowest BCUT2D eigenvalue weighted by molar-refractivity contribution is 0.161. The molecule has 1 aromatic rings. The summed E-state index contributed by atoms with van der Waals surface area (Å²) in [5.74, 6) is 1.55. The largest absolute Gasteiger partial charge is 0.506 e. The molecule has 0 spiro atoms. The van der Waals surface area contributed by atoms with Crippen molar-refractivity contribution in [3.05, 3.63) is 10.5 Å². The van der Waals surface area contributed by atoms with Crippen LogP contribution < -0.4 is 14.2 Å². The van der Waals surface area contributed by atoms with E-state index in [0.29, 0.717) is 34.9 Å². The van der Waals surface area contributed by atoms with Gasteiger partial charge in [0.05, 0.1) is 6.61 Å². The average molecular weight is 305 g/mol. The summed E-state index contributed by atoms with van der Waals surface area (Å²) in [6.45, 7) is 1.25. The highest BCUT2D eigenvalue weighted by atomic mass is 79.9. The first kappa shape index (κ1) is 12.3. The van der Waals surface area contributed by atoms with E-state index in [1.807, 2.05) is 0 Å². The Bertz CT molecular complexity index is 407. The number of halogens is 1. The lowest BCUT2D eigenvalue weighted by Crippen LogP contribution is -2.02. The molecule has 1 aliphatic rings. The molecule has 6 heteroatoms. The first-order chi connectivity index (χ1) is 8.24. The Morgan fingerprint density at radius 1 is 1.35 bits per heavy atom. The van der Waals surface area contributed by atoms with E-state index in [-0.39, 0.29) is 12.5 Å². The first-order valence-electron chi connectivity index (χ1n) is 5.17. The third kappa shape index (κ3) is 2.58. The van der Waals surface area contributed by atoms with Crippen LogP contribution >= 0.6 is 15.9 Å². The standard InChI is InChI=1S/C11H13BrO5/c1-14-3-2-4-15-8-5-7(13)9(12)11-10(8)16-6-17-11/h5,13H,2-4,6H2,1H3. The van der Waals surface area contributed by atoms with E-state index in [0.717, 1.165) is 6.42 Å². The molecule has 0 aliphatic carbocycles. The van der Waals surface area contributed by atoms with Gasteiger partial charge in [-0.25, -0.2) is 0 Å². The van der Waals surface area contributed by atoms with Gasteiger partial charge in [0, 0.05) is 26.2 Å². The zero-order valence-electron chi connectivity index (χ0n) is 9.36. The van der Waals surface area contributed by atoms with E-state index in [1.54, 1.807) is 7.11 Å². The molecule has 0 fully saturated rings. The van der Waals surface area contributed by atoms with Gasteiger partial charge in [-0.15, -0.1) is 0 Å². The van der Waals surface area contributed by atoms with Crippen LogP contribution in [0.15, 0.2) is 10.5 Å². The summed E-state index contributed by atoms with van der Waals surface area (Å²) in [5, 5.41) is 9.68. The van der Waals surface area contributed by atoms with E-state index < -0.39 is 0 Å². The average Bonchev–Trinajstić information content (AvgIpc) is 2.80. The van der Waals surface area contributed by atoms with Gasteiger partial charge in [0.2, 0.25) is 12.5 Å². The highest BCUT2D eigenvalue weighted by Crippen LogP contribution is 2.50. The highest BCUT2D eigenvalue weighted by Gasteiger charge is 2.25. The molecule has 0 amide bonds. The Balaban J connectivity index is 2.12. The van der Waals surface area contributed by atoms with Crippen molar-refractivity contribution >= 4 is 15.9 Å². The summed E-state index contributed by atoms with van der Waals surface area (Å²) >= 11 is 3.23. The van der Waals surface area contributed by atoms with Gasteiger partial charge in [-0.3, -0.25) is 0 Å². The van der Waals surface area contributed by atoms with Gasteiger partial charge in [-0.2, -0.15) is 0 Å². The maximum atomic E-state index is 9.68. The van der Waals surface area contributed by atoms with E-state index in [9.17, 15) is 5.11 Å². The molecule has 0 atom stereocenters. The van der Waals surface area contributed by atoms with E-state index >= 15 is 0 Å². The van der Waals surface area contributed by atoms with Crippen LogP contribution in [0.3, 0.4) is 0 Å². The normalized spacial score (nSPS) is 12.8. The second kappa shape index (κ2) is 5.46. The molecular weight excluding hydrogens is 292 g/mol. The van der Waals surface area contributed by atoms with Gasteiger partial charge in [-0.1, -0.05) is 0 Å². The number of benzene rings is 1. The van der Waals surface area contributed by atoms with Crippen molar-refractivity contribution in [2.45, 2.75) is 6.42 Å². The summed E-state index contributed by atoms with van der Waals surface area (Å²) < 4.78 is 21.5. The number of methoxy groups -OCH3 is 1. The minimum atomic E-state index is 0.0657. The van der Waals surface area contributed by atoms with E-state index in [4.69, 9.17) is 18.9 Å². The van der Waals surface area contributed by atoms with Gasteiger partial charge in [0.15, 0.2) is 11.5 Å². The van der Waals surface area contributed by atoms with Crippen LogP contribution in [0, 0.1) is 0 Å². The molecule has 0 unspecified atom stereocenters. The maximum absolute atomic E-state index is 9.68. The second-order valence-electron chi connectivity index (χ2n) is 3.47. The van der Waals surface area contributed by atoms with Crippen LogP contribution in [-0.4, -0.2) is 32.2 Å². The third-order valence-electron chi connectivity index (χ3n) is 2.28. The van der Waals surface area contributed by atoms with Crippen LogP contribution in [-0.2, 0) is 4.74 Å². The SMILES string of the molecule is COCCCOc1cc(O)c(Br)c2c1OCO2. The van der Waals surface area contributed by atoms with Gasteiger partial charge < -0.3 is 24.1 Å². The molecule has 94 valence electrons. The lowest BCUT2D eigenvalue weighted by Gasteiger charge is -2.10. The summed E-state index contributed by atoms with van der Waals surface area (Å²) in [7, 11) is 1.64. The van der Waals surface area contributed by atoms with Crippen molar-refractivity contribution in [2.24, 2.45) is 0 Å². The smallest absolute Gasteiger partial charge is 0.231 e. The molecule has 2 rings (SSSR count). The highest BCUT2D eigenvalue weighted by molar-refractivity contribution is 9.10. The number of fused-ring (bicyclic) bond motifs is 1. The number of phenols is 1. The molecule has 0 bridgehead atoms. The molecule has 0 saturated carbocycles. The molecule has 17 heavy (non-hydrogen) atoms. The van der Waals surface area contributed by atoms with E-state index in [2.05, 4.69) is 15.9 Å². The Morgan fingerprint density at radius 2 is 2.12 bits per heavy atom. The number of phenolic OH excluding ortho intramolecular Hbond substituents is 1. The number of rotatable bonds is 5. The lowest BCUT2D eigenvalue weighted by atomic mass is 10.2. The fourth-order valence-electron chi connectivity index (χ4n) is 1.49. The van der Waals surface area contributed by atoms with E-state index in [1.165, 1.54) is 6.07 Å². The topological polar surface area (TPSA) is 57.2 Å². The summed E-state index contributed by atoms with van der Waals surface area (Å²) in [4.78, 5) is 0. The third-order valence-corrected chi connectivity index (χ3v) is 3.05. The fourth-order valence-corrected chi connectivity index (χ4v) is 1.90. The van der Waals surface area contributed by atoms with Crippen molar-refractivity contribution in [1.29, 1.82) is 0 Å². The molecule has 1 aromatic carbocycles. The predicted molar refractivity (Wildman–Crippen MR) is 63.9 cm³/mol. The Kier molecular flexibility index (Phi) is 3.96. The van der Waals surface area contributed by atoms with Gasteiger partial charge >= 0.3 is 0 Å². The molecule has 0 saturated heterocycles. The zero-order chi connectivity index (χ0) is 12.3. The van der Waals surface area contributed by atoms with Crippen molar-refractivity contribution in [1.82, 2.24) is 0 Å². The van der Waals surface area contributed by atoms with Crippen LogP contribution in [0.2, 0.25) is 0 Å². The van der Waals surface area contributed by atoms with Gasteiger partial charge in [0.1, 0.15) is 10.2 Å². The van der Waals surface area contributed by atoms with Crippen LogP contribution in [0.5, 0.6) is 23.0 Å². The molecule has 0 aromatic heterocycles. The van der Waals surface area contributed by atoms with Gasteiger partial charge in [-0.05, 0) is 15.9 Å². The first-order valence-corrected chi connectivity index (χ1v) is 5.96. The van der Waals surface area contributed by atoms with Crippen molar-refractivity contribution < 1.29 is 24.1 Å². The van der Waals surface area contributed by atoms with Crippen molar-refractivity contribution in [3.63, 3.8) is 0 Å². The Labute approximate surface area is 107 Å². The summed E-state index contributed by atoms with van der Waals surface area (Å²) in [6.07, 6.45) is 0.767. The van der Waals surface area contributed by atoms with Crippen molar-refractivity contribution in [2.75, 3.05) is 27.1 Å². The number of ether oxygens (including phenoxy) is 4. The summed E-state index contributed by atoms with van der Waals surface area (Å²) in [5.41, 5.74) is 0. The predicted octanol–water partition coefficient (Wildman–Crippen LogP) is 2.30. The molecule has 0 radical (unpaired) electrons. The van der Waals surface area contributed by atoms with Crippen LogP contribution in [0.4, 0.5) is 0 Å². The number of aromatic hydroxyl groups is 1. The molecule has 5 nitrogen and oxygen atoms in total. The quantitative estimate of drug-likeness (QED) is 0.846. The molecular formula is C11H13BrO5. The zero-order valence-corrected chi connectivity index (χ0v) is 10.9. The Hall–Kier alpha value is -1.14. The second-order valence-corrected chi connectivity index (χ2v) is 4.26. The van der Waals surface area contributed by atoms with Gasteiger partial charge in [0.25, 0.3) is 0 Å². The summed E-state index contributed by atoms with van der Waals surface area (Å²) in [6, 6.07) is 1.50. The van der Waals surface area contributed by atoms with Crippen LogP contribution in [0.1, 0.15) is 6.42 Å². The Morgan fingerprint density at radius 3 is 2.88 bits per heavy atom. The van der Waals surface area contributed by atoms with Crippen molar-refractivity contribution in [3.8, 4) is 23.0 Å². The maximum Gasteiger partial charge on any atom is 0.231 e. The number of hydrogen-bond donors (Lipinski definition) is 1. The monoisotopic (exact) mass is 304 g/mol. The molecule has 1 heterocycles. The minimum Gasteiger partial charge on any atom is -0.506 e. The number of hydrogen-bond acceptors (Lipinski definition) is 5. The van der Waals surface area contributed by atoms with Crippen LogP contribution in [0.25, 0.3) is 0 Å².